The second-order valence-corrected chi connectivity index (χ2v) is 5.02. The van der Waals surface area contributed by atoms with Gasteiger partial charge in [0.05, 0.1) is 0 Å². The van der Waals surface area contributed by atoms with Gasteiger partial charge in [-0.05, 0) is 25.7 Å². The maximum Gasteiger partial charge on any atom is 0.433 e. The summed E-state index contributed by atoms with van der Waals surface area (Å²) in [6.07, 6.45) is -2.49. The predicted octanol–water partition coefficient (Wildman–Crippen LogP) is 2.70. The van der Waals surface area contributed by atoms with Crippen LogP contribution in [-0.2, 0) is 6.18 Å². The molecular weight excluding hydrogens is 257 g/mol. The Morgan fingerprint density at radius 3 is 2.63 bits per heavy atom. The van der Waals surface area contributed by atoms with Crippen molar-refractivity contribution in [2.24, 2.45) is 5.92 Å². The largest absolute Gasteiger partial charge is 0.433 e. The highest BCUT2D eigenvalue weighted by Crippen LogP contribution is 2.32. The molecule has 0 aliphatic carbocycles. The molecule has 0 amide bonds. The van der Waals surface area contributed by atoms with Crippen LogP contribution >= 0.6 is 0 Å². The average Bonchev–Trinajstić information content (AvgIpc) is 2.31. The lowest BCUT2D eigenvalue weighted by molar-refractivity contribution is -0.141. The minimum Gasteiger partial charge on any atom is -0.368 e. The summed E-state index contributed by atoms with van der Waals surface area (Å²) in [7, 11) is 0. The van der Waals surface area contributed by atoms with E-state index >= 15 is 0 Å². The molecule has 1 aromatic heterocycles. The quantitative estimate of drug-likeness (QED) is 0.855. The maximum atomic E-state index is 12.7. The van der Waals surface area contributed by atoms with E-state index in [0.717, 1.165) is 18.9 Å². The van der Waals surface area contributed by atoms with Gasteiger partial charge in [-0.25, -0.2) is 4.98 Å². The smallest absolute Gasteiger partial charge is 0.368 e. The van der Waals surface area contributed by atoms with Gasteiger partial charge >= 0.3 is 6.18 Å². The lowest BCUT2D eigenvalue weighted by Gasteiger charge is -2.38. The van der Waals surface area contributed by atoms with E-state index in [-0.39, 0.29) is 17.8 Å². The van der Waals surface area contributed by atoms with Gasteiger partial charge < -0.3 is 10.6 Å². The molecule has 1 aliphatic heterocycles. The third kappa shape index (κ3) is 2.90. The number of anilines is 2. The topological polar surface area (TPSA) is 55.0 Å². The monoisotopic (exact) mass is 274 g/mol. The molecular formula is C12H17F3N4. The molecule has 1 aliphatic rings. The molecule has 2 atom stereocenters. The Morgan fingerprint density at radius 1 is 1.32 bits per heavy atom. The molecule has 0 aromatic carbocycles. The number of nitrogens with zero attached hydrogens (tertiary/aromatic N) is 3. The van der Waals surface area contributed by atoms with Gasteiger partial charge in [0, 0.05) is 18.7 Å². The number of alkyl halides is 3. The van der Waals surface area contributed by atoms with Gasteiger partial charge in [0.1, 0.15) is 5.82 Å². The van der Waals surface area contributed by atoms with Crippen LogP contribution in [0.15, 0.2) is 6.07 Å². The summed E-state index contributed by atoms with van der Waals surface area (Å²) in [6.45, 7) is 4.78. The van der Waals surface area contributed by atoms with Crippen molar-refractivity contribution in [3.8, 4) is 0 Å². The van der Waals surface area contributed by atoms with E-state index in [9.17, 15) is 13.2 Å². The molecule has 0 radical (unpaired) electrons. The summed E-state index contributed by atoms with van der Waals surface area (Å²) in [5.41, 5.74) is 4.41. The third-order valence-electron chi connectivity index (χ3n) is 3.69. The highest BCUT2D eigenvalue weighted by atomic mass is 19.4. The van der Waals surface area contributed by atoms with Crippen molar-refractivity contribution < 1.29 is 13.2 Å². The number of hydrogen-bond donors (Lipinski definition) is 1. The second kappa shape index (κ2) is 4.86. The van der Waals surface area contributed by atoms with Crippen LogP contribution in [0, 0.1) is 5.92 Å². The van der Waals surface area contributed by atoms with Crippen molar-refractivity contribution in [3.63, 3.8) is 0 Å². The first kappa shape index (κ1) is 13.9. The zero-order valence-corrected chi connectivity index (χ0v) is 10.9. The van der Waals surface area contributed by atoms with Crippen LogP contribution in [0.5, 0.6) is 0 Å². The predicted molar refractivity (Wildman–Crippen MR) is 66.7 cm³/mol. The number of nitrogens with two attached hydrogens (primary N) is 1. The Bertz CT molecular complexity index is 461. The highest BCUT2D eigenvalue weighted by molar-refractivity contribution is 5.45. The number of rotatable bonds is 1. The number of halogens is 3. The van der Waals surface area contributed by atoms with Crippen LogP contribution in [0.4, 0.5) is 24.9 Å². The molecule has 2 N–H and O–H groups in total. The van der Waals surface area contributed by atoms with Gasteiger partial charge in [-0.1, -0.05) is 6.92 Å². The van der Waals surface area contributed by atoms with E-state index in [1.165, 1.54) is 0 Å². The van der Waals surface area contributed by atoms with Crippen LogP contribution in [0.2, 0.25) is 0 Å². The van der Waals surface area contributed by atoms with Gasteiger partial charge in [0.25, 0.3) is 0 Å². The fourth-order valence-corrected chi connectivity index (χ4v) is 2.40. The van der Waals surface area contributed by atoms with Crippen molar-refractivity contribution in [2.75, 3.05) is 17.2 Å². The molecule has 4 nitrogen and oxygen atoms in total. The van der Waals surface area contributed by atoms with Crippen molar-refractivity contribution in [2.45, 2.75) is 38.9 Å². The normalized spacial score (nSPS) is 24.6. The molecule has 2 rings (SSSR count). The van der Waals surface area contributed by atoms with Gasteiger partial charge in [-0.3, -0.25) is 0 Å². The average molecular weight is 274 g/mol. The van der Waals surface area contributed by atoms with Crippen molar-refractivity contribution in [3.05, 3.63) is 11.8 Å². The molecule has 2 heterocycles. The Kier molecular flexibility index (Phi) is 3.56. The van der Waals surface area contributed by atoms with Gasteiger partial charge in [-0.15, -0.1) is 0 Å². The molecule has 19 heavy (non-hydrogen) atoms. The Balaban J connectivity index is 2.36. The molecule has 1 aromatic rings. The van der Waals surface area contributed by atoms with E-state index in [1.54, 1.807) is 0 Å². The molecule has 0 bridgehead atoms. The second-order valence-electron chi connectivity index (χ2n) is 5.02. The van der Waals surface area contributed by atoms with E-state index in [2.05, 4.69) is 16.9 Å². The summed E-state index contributed by atoms with van der Waals surface area (Å²) in [6, 6.07) is 1.12. The minimum absolute atomic E-state index is 0.143. The first-order valence-electron chi connectivity index (χ1n) is 6.27. The van der Waals surface area contributed by atoms with Crippen molar-refractivity contribution >= 4 is 11.8 Å². The minimum atomic E-state index is -4.50. The summed E-state index contributed by atoms with van der Waals surface area (Å²) in [5.74, 6) is 0.341. The fourth-order valence-electron chi connectivity index (χ4n) is 2.40. The highest BCUT2D eigenvalue weighted by Gasteiger charge is 2.35. The van der Waals surface area contributed by atoms with Gasteiger partial charge in [0.15, 0.2) is 5.69 Å². The standard InChI is InChI=1S/C12H17F3N4/c1-7-4-3-5-19(8(7)2)10-6-9(12(13,14)15)17-11(16)18-10/h6-8H,3-5H2,1-2H3,(H2,16,17,18). The van der Waals surface area contributed by atoms with Crippen LogP contribution in [0.25, 0.3) is 0 Å². The molecule has 2 unspecified atom stereocenters. The molecule has 7 heteroatoms. The number of hydrogen-bond acceptors (Lipinski definition) is 4. The number of aromatic nitrogens is 2. The molecule has 1 fully saturated rings. The van der Waals surface area contributed by atoms with E-state index in [0.29, 0.717) is 12.5 Å². The van der Waals surface area contributed by atoms with Crippen molar-refractivity contribution in [1.29, 1.82) is 0 Å². The first-order valence-corrected chi connectivity index (χ1v) is 6.27. The van der Waals surface area contributed by atoms with Crippen LogP contribution in [0.3, 0.4) is 0 Å². The Morgan fingerprint density at radius 2 is 2.00 bits per heavy atom. The molecule has 106 valence electrons. The fraction of sp³-hybridized carbons (Fsp3) is 0.667. The number of nitrogen functional groups attached to an aromatic ring is 1. The van der Waals surface area contributed by atoms with E-state index in [4.69, 9.17) is 5.73 Å². The molecule has 1 saturated heterocycles. The van der Waals surface area contributed by atoms with Crippen LogP contribution in [0.1, 0.15) is 32.4 Å². The Labute approximate surface area is 109 Å². The summed E-state index contributed by atoms with van der Waals surface area (Å²) >= 11 is 0. The number of piperidine rings is 1. The SMILES string of the molecule is CC1CCCN(c2cc(C(F)(F)F)nc(N)n2)C1C. The third-order valence-corrected chi connectivity index (χ3v) is 3.69. The van der Waals surface area contributed by atoms with Crippen molar-refractivity contribution in [1.82, 2.24) is 9.97 Å². The summed E-state index contributed by atoms with van der Waals surface area (Å²) in [4.78, 5) is 9.08. The van der Waals surface area contributed by atoms with E-state index < -0.39 is 11.9 Å². The van der Waals surface area contributed by atoms with Crippen LogP contribution in [-0.4, -0.2) is 22.6 Å². The van der Waals surface area contributed by atoms with E-state index in [1.807, 2.05) is 11.8 Å². The van der Waals surface area contributed by atoms with Gasteiger partial charge in [-0.2, -0.15) is 18.2 Å². The Hall–Kier alpha value is -1.53. The lowest BCUT2D eigenvalue weighted by Crippen LogP contribution is -2.43. The zero-order chi connectivity index (χ0) is 14.2. The van der Waals surface area contributed by atoms with Gasteiger partial charge in [0.2, 0.25) is 5.95 Å². The summed E-state index contributed by atoms with van der Waals surface area (Å²) in [5, 5.41) is 0. The first-order chi connectivity index (χ1) is 8.79. The molecule has 0 spiro atoms. The summed E-state index contributed by atoms with van der Waals surface area (Å²) < 4.78 is 38.2. The zero-order valence-electron chi connectivity index (χ0n) is 10.9. The molecule has 0 saturated carbocycles. The maximum absolute atomic E-state index is 12.7. The van der Waals surface area contributed by atoms with Crippen LogP contribution < -0.4 is 10.6 Å². The lowest BCUT2D eigenvalue weighted by atomic mass is 9.92.